The molecular weight excluding hydrogens is 271 g/mol. The van der Waals surface area contributed by atoms with Crippen molar-refractivity contribution in [3.63, 3.8) is 0 Å². The van der Waals surface area contributed by atoms with Crippen LogP contribution in [0.4, 0.5) is 0 Å². The Morgan fingerprint density at radius 2 is 0.812 bits per heavy atom. The van der Waals surface area contributed by atoms with Gasteiger partial charge in [-0.1, -0.05) is 0 Å². The molecule has 0 unspecified atom stereocenters. The first-order chi connectivity index (χ1) is 5.46. The zero-order valence-electron chi connectivity index (χ0n) is 7.66. The van der Waals surface area contributed by atoms with Gasteiger partial charge in [0.25, 0.3) is 0 Å². The average Bonchev–Trinajstić information content (AvgIpc) is 1.50. The molecule has 0 fully saturated rings. The molecule has 0 aromatic heterocycles. The quantitative estimate of drug-likeness (QED) is 0.147. The van der Waals surface area contributed by atoms with Gasteiger partial charge in [0, 0.05) is 0 Å². The number of hydrogen-bond acceptors (Lipinski definition) is 9. The maximum atomic E-state index is 8.88. The monoisotopic (exact) mass is 280 g/mol. The van der Waals surface area contributed by atoms with Gasteiger partial charge < -0.3 is 57.6 Å². The molecule has 0 rings (SSSR count). The molecule has 0 heterocycles. The van der Waals surface area contributed by atoms with Crippen molar-refractivity contribution in [2.24, 2.45) is 0 Å². The predicted molar refractivity (Wildman–Crippen MR) is 50.8 cm³/mol. The van der Waals surface area contributed by atoms with Crippen LogP contribution in [-0.2, 0) is 4.57 Å². The Kier molecular flexibility index (Phi) is 44.6. The van der Waals surface area contributed by atoms with E-state index in [1.54, 1.807) is 0 Å². The predicted octanol–water partition coefficient (Wildman–Crippen LogP) is -1.46. The minimum Gasteiger partial charge on any atom is -0.356 e. The van der Waals surface area contributed by atoms with E-state index in [2.05, 4.69) is 0 Å². The molecule has 0 aliphatic heterocycles. The molecule has 0 aliphatic carbocycles. The molecule has 0 radical (unpaired) electrons. The summed E-state index contributed by atoms with van der Waals surface area (Å²) in [6, 6.07) is 0. The van der Waals surface area contributed by atoms with Gasteiger partial charge in [0.15, 0.2) is 0 Å². The number of nitrogens with zero attached hydrogens (tertiary/aromatic N) is 2. The van der Waals surface area contributed by atoms with Crippen LogP contribution >= 0.6 is 7.82 Å². The fourth-order valence-corrected chi connectivity index (χ4v) is 0. The fourth-order valence-electron chi connectivity index (χ4n) is 0. The van der Waals surface area contributed by atoms with Gasteiger partial charge in [0.05, 0.1) is 10.2 Å². The fraction of sp³-hybridized carbons (Fsp3) is 0. The zero-order chi connectivity index (χ0) is 11.7. The summed E-state index contributed by atoms with van der Waals surface area (Å²) < 4.78 is 8.88. The molecule has 0 atom stereocenters. The third-order valence-electron chi connectivity index (χ3n) is 0. The van der Waals surface area contributed by atoms with E-state index in [0.717, 1.165) is 0 Å². The van der Waals surface area contributed by atoms with Crippen LogP contribution in [0.15, 0.2) is 0 Å². The maximum absolute atomic E-state index is 8.88. The van der Waals surface area contributed by atoms with Crippen molar-refractivity contribution in [2.75, 3.05) is 0 Å². The van der Waals surface area contributed by atoms with E-state index in [1.807, 2.05) is 0 Å². The van der Waals surface area contributed by atoms with Crippen LogP contribution in [-0.4, -0.2) is 47.9 Å². The van der Waals surface area contributed by atoms with Crippen LogP contribution in [0.2, 0.25) is 0 Å². The van der Waals surface area contributed by atoms with E-state index in [1.165, 1.54) is 0 Å². The molecule has 0 aliphatic rings. The van der Waals surface area contributed by atoms with Crippen molar-refractivity contribution < 1.29 is 29.4 Å². The summed E-state index contributed by atoms with van der Waals surface area (Å²) in [5.41, 5.74) is 0. The van der Waals surface area contributed by atoms with Gasteiger partial charge in [-0.2, -0.15) is 0 Å². The first kappa shape index (κ1) is 36.2. The van der Waals surface area contributed by atoms with E-state index in [4.69, 9.17) is 49.9 Å². The van der Waals surface area contributed by atoms with Gasteiger partial charge in [-0.25, -0.2) is 4.57 Å². The van der Waals surface area contributed by atoms with Crippen molar-refractivity contribution in [2.45, 2.75) is 0 Å². The molecule has 16 heteroatoms. The molecular formula is H9MgN4O10P. The third kappa shape index (κ3) is 3040. The molecule has 16 heavy (non-hydrogen) atoms. The van der Waals surface area contributed by atoms with Crippen LogP contribution < -0.4 is 12.3 Å². The van der Waals surface area contributed by atoms with E-state index >= 15 is 0 Å². The summed E-state index contributed by atoms with van der Waals surface area (Å²) in [6.45, 7) is 0. The van der Waals surface area contributed by atoms with Crippen molar-refractivity contribution in [1.29, 1.82) is 0 Å². The zero-order valence-corrected chi connectivity index (χ0v) is 9.97. The Balaban J connectivity index is -0.0000000216. The van der Waals surface area contributed by atoms with Gasteiger partial charge in [-0.15, -0.1) is 0 Å². The SMILES string of the molecule is N.N.O=P(O)(O)O.O=[N+]([O-])[O-].O=[N+]([O-])[O-].[Mg+2]. The molecule has 0 aromatic rings. The molecule has 0 aromatic carbocycles. The third-order valence-corrected chi connectivity index (χ3v) is 0. The summed E-state index contributed by atoms with van der Waals surface area (Å²) in [4.78, 5) is 38.1. The number of rotatable bonds is 0. The molecule has 0 amide bonds. The second-order valence-electron chi connectivity index (χ2n) is 0.960. The van der Waals surface area contributed by atoms with Crippen molar-refractivity contribution >= 4 is 30.9 Å². The first-order valence-electron chi connectivity index (χ1n) is 1.88. The van der Waals surface area contributed by atoms with Crippen molar-refractivity contribution in [1.82, 2.24) is 12.3 Å². The minimum atomic E-state index is -4.64. The van der Waals surface area contributed by atoms with Crippen LogP contribution in [0, 0.1) is 30.6 Å². The largest absolute Gasteiger partial charge is 2.00 e. The molecule has 0 saturated heterocycles. The van der Waals surface area contributed by atoms with Crippen LogP contribution in [0.5, 0.6) is 0 Å². The van der Waals surface area contributed by atoms with E-state index in [9.17, 15) is 0 Å². The van der Waals surface area contributed by atoms with Gasteiger partial charge in [0.2, 0.25) is 0 Å². The summed E-state index contributed by atoms with van der Waals surface area (Å²) >= 11 is 0. The Bertz CT molecular complexity index is 171. The average molecular weight is 280 g/mol. The molecule has 0 spiro atoms. The maximum Gasteiger partial charge on any atom is 2.00 e. The van der Waals surface area contributed by atoms with E-state index < -0.39 is 18.0 Å². The summed E-state index contributed by atoms with van der Waals surface area (Å²) in [5, 5.41) is 29.5. The standard InChI is InChI=1S/Mg.2NO3.2H3N.H3O4P/c;2*2-1(3)4;;;1-5(2,3)4/h;;;2*1H3;(H3,1,2,3,4)/q+2;2*-1;;;. The first-order valence-corrected chi connectivity index (χ1v) is 3.44. The second kappa shape index (κ2) is 19.7. The summed E-state index contributed by atoms with van der Waals surface area (Å²) in [5.74, 6) is 0. The van der Waals surface area contributed by atoms with Crippen molar-refractivity contribution in [3.05, 3.63) is 30.6 Å². The smallest absolute Gasteiger partial charge is 0.356 e. The summed E-state index contributed by atoms with van der Waals surface area (Å²) in [7, 11) is -4.64. The molecule has 14 nitrogen and oxygen atoms in total. The molecule has 96 valence electrons. The second-order valence-corrected chi connectivity index (χ2v) is 1.99. The number of phosphoric acid groups is 1. The van der Waals surface area contributed by atoms with Crippen molar-refractivity contribution in [3.8, 4) is 0 Å². The van der Waals surface area contributed by atoms with Gasteiger partial charge in [0.1, 0.15) is 0 Å². The Hall–Kier alpha value is -0.804. The summed E-state index contributed by atoms with van der Waals surface area (Å²) in [6.07, 6.45) is 0. The number of hydrogen-bond donors (Lipinski definition) is 5. The molecule has 0 bridgehead atoms. The minimum absolute atomic E-state index is 0. The van der Waals surface area contributed by atoms with E-state index in [-0.39, 0.29) is 35.4 Å². The Morgan fingerprint density at radius 3 is 0.812 bits per heavy atom. The van der Waals surface area contributed by atoms with E-state index in [0.29, 0.717) is 0 Å². The topological polar surface area (TPSA) is 280 Å². The molecule has 0 saturated carbocycles. The van der Waals surface area contributed by atoms with Crippen LogP contribution in [0.25, 0.3) is 0 Å². The normalized spacial score (nSPS) is 6.69. The van der Waals surface area contributed by atoms with Crippen LogP contribution in [0.3, 0.4) is 0 Å². The molecule has 9 N–H and O–H groups in total. The van der Waals surface area contributed by atoms with Gasteiger partial charge in [-0.05, 0) is 0 Å². The van der Waals surface area contributed by atoms with Gasteiger partial charge in [-0.3, -0.25) is 0 Å². The Labute approximate surface area is 104 Å². The van der Waals surface area contributed by atoms with Crippen LogP contribution in [0.1, 0.15) is 0 Å². The Morgan fingerprint density at radius 1 is 0.812 bits per heavy atom. The van der Waals surface area contributed by atoms with Gasteiger partial charge >= 0.3 is 30.9 Å².